The van der Waals surface area contributed by atoms with E-state index in [1.165, 1.54) is 11.0 Å². The van der Waals surface area contributed by atoms with E-state index in [1.54, 1.807) is 6.07 Å². The molecule has 1 amide bonds. The van der Waals surface area contributed by atoms with E-state index in [0.29, 0.717) is 17.9 Å². The molecule has 3 rings (SSSR count). The first kappa shape index (κ1) is 18.4. The molecule has 7 heteroatoms. The van der Waals surface area contributed by atoms with Gasteiger partial charge in [-0.15, -0.1) is 0 Å². The fourth-order valence-corrected chi connectivity index (χ4v) is 3.17. The number of rotatable bonds is 6. The molecule has 1 saturated heterocycles. The van der Waals surface area contributed by atoms with Gasteiger partial charge in [0.05, 0.1) is 31.7 Å². The number of quaternary nitrogens is 1. The van der Waals surface area contributed by atoms with Gasteiger partial charge in [0.15, 0.2) is 6.61 Å². The molecule has 1 fully saturated rings. The van der Waals surface area contributed by atoms with Crippen LogP contribution >= 0.6 is 0 Å². The fraction of sp³-hybridized carbons (Fsp3) is 0.474. The Morgan fingerprint density at radius 1 is 1.23 bits per heavy atom. The third-order valence-corrected chi connectivity index (χ3v) is 4.51. The zero-order valence-electron chi connectivity index (χ0n) is 15.2. The number of nitrogens with one attached hydrogen (secondary N) is 2. The van der Waals surface area contributed by atoms with E-state index in [-0.39, 0.29) is 12.5 Å². The summed E-state index contributed by atoms with van der Waals surface area (Å²) >= 11 is 0. The first-order valence-electron chi connectivity index (χ1n) is 8.89. The van der Waals surface area contributed by atoms with Crippen molar-refractivity contribution in [3.8, 4) is 5.75 Å². The van der Waals surface area contributed by atoms with Gasteiger partial charge in [-0.3, -0.25) is 4.79 Å². The summed E-state index contributed by atoms with van der Waals surface area (Å²) in [4.78, 5) is 25.1. The van der Waals surface area contributed by atoms with Crippen LogP contribution in [0.25, 0.3) is 11.0 Å². The molecule has 1 aromatic heterocycles. The summed E-state index contributed by atoms with van der Waals surface area (Å²) < 4.78 is 16.3. The van der Waals surface area contributed by atoms with E-state index in [2.05, 4.69) is 5.32 Å². The van der Waals surface area contributed by atoms with Crippen molar-refractivity contribution in [2.75, 3.05) is 46.0 Å². The molecule has 1 aliphatic heterocycles. The van der Waals surface area contributed by atoms with E-state index >= 15 is 0 Å². The summed E-state index contributed by atoms with van der Waals surface area (Å²) in [5.41, 5.74) is 1.75. The number of amides is 1. The average Bonchev–Trinajstić information content (AvgIpc) is 2.59. The number of aryl methyl sites for hydroxylation is 2. The number of fused-ring (bicyclic) bond motifs is 1. The van der Waals surface area contributed by atoms with E-state index in [9.17, 15) is 9.59 Å². The molecule has 0 aliphatic carbocycles. The van der Waals surface area contributed by atoms with Gasteiger partial charge in [0.2, 0.25) is 0 Å². The second-order valence-corrected chi connectivity index (χ2v) is 6.64. The molecule has 2 heterocycles. The van der Waals surface area contributed by atoms with Crippen LogP contribution in [0, 0.1) is 13.8 Å². The zero-order valence-corrected chi connectivity index (χ0v) is 15.2. The third kappa shape index (κ3) is 4.62. The van der Waals surface area contributed by atoms with Crippen LogP contribution < -0.4 is 20.6 Å². The maximum absolute atomic E-state index is 12.1. The van der Waals surface area contributed by atoms with E-state index in [1.807, 2.05) is 19.9 Å². The van der Waals surface area contributed by atoms with Gasteiger partial charge in [-0.2, -0.15) is 0 Å². The minimum Gasteiger partial charge on any atom is -0.483 e. The monoisotopic (exact) mass is 361 g/mol. The van der Waals surface area contributed by atoms with Gasteiger partial charge in [-0.05, 0) is 37.1 Å². The Kier molecular flexibility index (Phi) is 5.90. The lowest BCUT2D eigenvalue weighted by Gasteiger charge is -2.23. The molecule has 1 aliphatic rings. The molecule has 0 radical (unpaired) electrons. The topological polar surface area (TPSA) is 82.2 Å². The number of carbonyl (C=O) groups is 1. The Hall–Kier alpha value is -2.38. The van der Waals surface area contributed by atoms with Crippen molar-refractivity contribution in [2.24, 2.45) is 0 Å². The molecular formula is C19H25N2O5+. The third-order valence-electron chi connectivity index (χ3n) is 4.51. The van der Waals surface area contributed by atoms with Crippen LogP contribution in [0.4, 0.5) is 0 Å². The van der Waals surface area contributed by atoms with Gasteiger partial charge in [0.1, 0.15) is 24.4 Å². The van der Waals surface area contributed by atoms with Crippen LogP contribution in [0.5, 0.6) is 5.75 Å². The largest absolute Gasteiger partial charge is 0.483 e. The van der Waals surface area contributed by atoms with Gasteiger partial charge in [-0.1, -0.05) is 0 Å². The number of morpholine rings is 1. The predicted octanol–water partition coefficient (Wildman–Crippen LogP) is -0.180. The molecule has 0 saturated carbocycles. The van der Waals surface area contributed by atoms with Crippen molar-refractivity contribution in [3.63, 3.8) is 0 Å². The summed E-state index contributed by atoms with van der Waals surface area (Å²) in [5, 5.41) is 3.61. The van der Waals surface area contributed by atoms with Crippen molar-refractivity contribution < 1.29 is 23.6 Å². The Morgan fingerprint density at radius 2 is 2.00 bits per heavy atom. The highest BCUT2D eigenvalue weighted by atomic mass is 16.5. The Morgan fingerprint density at radius 3 is 2.77 bits per heavy atom. The first-order valence-corrected chi connectivity index (χ1v) is 8.89. The second kappa shape index (κ2) is 8.33. The van der Waals surface area contributed by atoms with Crippen LogP contribution in [0.3, 0.4) is 0 Å². The normalized spacial score (nSPS) is 15.2. The molecule has 26 heavy (non-hydrogen) atoms. The summed E-state index contributed by atoms with van der Waals surface area (Å²) in [6.45, 7) is 8.65. The highest BCUT2D eigenvalue weighted by molar-refractivity contribution is 5.88. The number of ether oxygens (including phenoxy) is 2. The highest BCUT2D eigenvalue weighted by Gasteiger charge is 2.14. The Balaban J connectivity index is 1.58. The number of hydrogen-bond donors (Lipinski definition) is 2. The minimum atomic E-state index is -0.394. The molecule has 0 unspecified atom stereocenters. The maximum Gasteiger partial charge on any atom is 0.336 e. The van der Waals surface area contributed by atoms with Crippen LogP contribution in [0.1, 0.15) is 11.1 Å². The van der Waals surface area contributed by atoms with E-state index in [0.717, 1.165) is 49.4 Å². The Labute approximate surface area is 151 Å². The highest BCUT2D eigenvalue weighted by Crippen LogP contribution is 2.29. The first-order chi connectivity index (χ1) is 12.5. The smallest absolute Gasteiger partial charge is 0.336 e. The molecule has 1 aromatic carbocycles. The lowest BCUT2D eigenvalue weighted by atomic mass is 10.1. The second-order valence-electron chi connectivity index (χ2n) is 6.64. The van der Waals surface area contributed by atoms with Crippen LogP contribution in [0.15, 0.2) is 27.4 Å². The Bertz CT molecular complexity index is 840. The van der Waals surface area contributed by atoms with Crippen molar-refractivity contribution in [3.05, 3.63) is 39.7 Å². The summed E-state index contributed by atoms with van der Waals surface area (Å²) in [6, 6.07) is 5.07. The van der Waals surface area contributed by atoms with E-state index < -0.39 is 5.63 Å². The SMILES string of the molecule is Cc1cc(OCC(=O)NCC[NH+]2CCOCC2)c2c(C)cc(=O)oc2c1. The molecule has 0 bridgehead atoms. The summed E-state index contributed by atoms with van der Waals surface area (Å²) in [7, 11) is 0. The van der Waals surface area contributed by atoms with Crippen molar-refractivity contribution in [1.82, 2.24) is 5.32 Å². The molecule has 140 valence electrons. The van der Waals surface area contributed by atoms with Crippen molar-refractivity contribution in [2.45, 2.75) is 13.8 Å². The van der Waals surface area contributed by atoms with E-state index in [4.69, 9.17) is 13.9 Å². The molecule has 0 spiro atoms. The molecular weight excluding hydrogens is 336 g/mol. The molecule has 0 atom stereocenters. The minimum absolute atomic E-state index is 0.0738. The lowest BCUT2D eigenvalue weighted by Crippen LogP contribution is -3.14. The summed E-state index contributed by atoms with van der Waals surface area (Å²) in [6.07, 6.45) is 0. The standard InChI is InChI=1S/C19H24N2O5/c1-13-9-15(19-14(2)11-18(23)26-16(19)10-13)25-12-17(22)20-3-4-21-5-7-24-8-6-21/h9-11H,3-8,12H2,1-2H3,(H,20,22)/p+1. The molecule has 2 aromatic rings. The van der Waals surface area contributed by atoms with Gasteiger partial charge in [0, 0.05) is 6.07 Å². The molecule has 2 N–H and O–H groups in total. The number of benzene rings is 1. The van der Waals surface area contributed by atoms with Crippen molar-refractivity contribution >= 4 is 16.9 Å². The van der Waals surface area contributed by atoms with Gasteiger partial charge >= 0.3 is 5.63 Å². The number of hydrogen-bond acceptors (Lipinski definition) is 5. The maximum atomic E-state index is 12.1. The summed E-state index contributed by atoms with van der Waals surface area (Å²) in [5.74, 6) is 0.387. The van der Waals surface area contributed by atoms with Gasteiger partial charge in [-0.25, -0.2) is 4.79 Å². The van der Waals surface area contributed by atoms with Gasteiger partial charge in [0.25, 0.3) is 5.91 Å². The van der Waals surface area contributed by atoms with Crippen LogP contribution in [0.2, 0.25) is 0 Å². The van der Waals surface area contributed by atoms with Crippen molar-refractivity contribution in [1.29, 1.82) is 0 Å². The quantitative estimate of drug-likeness (QED) is 0.698. The van der Waals surface area contributed by atoms with Gasteiger partial charge < -0.3 is 24.1 Å². The number of carbonyl (C=O) groups excluding carboxylic acids is 1. The predicted molar refractivity (Wildman–Crippen MR) is 96.8 cm³/mol. The molecule has 7 nitrogen and oxygen atoms in total. The zero-order chi connectivity index (χ0) is 18.5. The van der Waals surface area contributed by atoms with Crippen LogP contribution in [-0.4, -0.2) is 51.9 Å². The average molecular weight is 361 g/mol. The van der Waals surface area contributed by atoms with Crippen LogP contribution in [-0.2, 0) is 9.53 Å². The fourth-order valence-electron chi connectivity index (χ4n) is 3.17. The lowest BCUT2D eigenvalue weighted by molar-refractivity contribution is -0.906.